The van der Waals surface area contributed by atoms with Crippen molar-refractivity contribution in [1.82, 2.24) is 10.0 Å². The predicted octanol–water partition coefficient (Wildman–Crippen LogP) is 0.704. The first-order chi connectivity index (χ1) is 6.86. The van der Waals surface area contributed by atoms with Crippen LogP contribution in [0.25, 0.3) is 0 Å². The van der Waals surface area contributed by atoms with Crippen molar-refractivity contribution in [2.45, 2.75) is 38.9 Å². The third-order valence-corrected chi connectivity index (χ3v) is 4.79. The standard InChI is InChI=1S/C10H22N2O2S/c1-9(2)15(13,14)12-8-10(3)5-4-6-11-7-10/h9,11-12H,4-8H2,1-3H3. The van der Waals surface area contributed by atoms with E-state index in [0.717, 1.165) is 25.9 Å². The maximum Gasteiger partial charge on any atom is 0.213 e. The van der Waals surface area contributed by atoms with E-state index in [9.17, 15) is 8.42 Å². The lowest BCUT2D eigenvalue weighted by Gasteiger charge is -2.34. The number of nitrogens with one attached hydrogen (secondary N) is 2. The lowest BCUT2D eigenvalue weighted by Crippen LogP contribution is -2.46. The van der Waals surface area contributed by atoms with E-state index in [0.29, 0.717) is 6.54 Å². The molecule has 1 saturated heterocycles. The van der Waals surface area contributed by atoms with Gasteiger partial charge in [-0.15, -0.1) is 0 Å². The van der Waals surface area contributed by atoms with Crippen LogP contribution in [0.1, 0.15) is 33.6 Å². The van der Waals surface area contributed by atoms with Crippen molar-refractivity contribution in [3.05, 3.63) is 0 Å². The first-order valence-electron chi connectivity index (χ1n) is 5.55. The summed E-state index contributed by atoms with van der Waals surface area (Å²) in [4.78, 5) is 0. The SMILES string of the molecule is CC(C)S(=O)(=O)NCC1(C)CCCNC1. The van der Waals surface area contributed by atoms with Gasteiger partial charge in [-0.2, -0.15) is 0 Å². The van der Waals surface area contributed by atoms with Crippen LogP contribution < -0.4 is 10.0 Å². The second kappa shape index (κ2) is 4.80. The quantitative estimate of drug-likeness (QED) is 0.753. The Morgan fingerprint density at radius 2 is 2.13 bits per heavy atom. The molecule has 0 bridgehead atoms. The molecule has 0 radical (unpaired) electrons. The zero-order chi connectivity index (χ0) is 11.5. The molecular formula is C10H22N2O2S. The number of rotatable bonds is 4. The Bertz CT molecular complexity index is 293. The molecule has 90 valence electrons. The molecule has 1 aliphatic rings. The van der Waals surface area contributed by atoms with Crippen LogP contribution in [0.2, 0.25) is 0 Å². The summed E-state index contributed by atoms with van der Waals surface area (Å²) >= 11 is 0. The highest BCUT2D eigenvalue weighted by Crippen LogP contribution is 2.24. The van der Waals surface area contributed by atoms with Crippen LogP contribution in [0.5, 0.6) is 0 Å². The Kier molecular flexibility index (Phi) is 4.14. The molecule has 1 heterocycles. The van der Waals surface area contributed by atoms with Gasteiger partial charge in [0.05, 0.1) is 5.25 Å². The Balaban J connectivity index is 2.48. The molecule has 0 amide bonds. The fourth-order valence-electron chi connectivity index (χ4n) is 1.71. The van der Waals surface area contributed by atoms with Gasteiger partial charge in [0.2, 0.25) is 10.0 Å². The first-order valence-corrected chi connectivity index (χ1v) is 7.10. The highest BCUT2D eigenvalue weighted by molar-refractivity contribution is 7.90. The van der Waals surface area contributed by atoms with Crippen LogP contribution in [0, 0.1) is 5.41 Å². The maximum atomic E-state index is 11.6. The molecule has 1 fully saturated rings. The second-order valence-electron chi connectivity index (χ2n) is 5.01. The lowest BCUT2D eigenvalue weighted by atomic mass is 9.83. The van der Waals surface area contributed by atoms with Crippen molar-refractivity contribution in [2.24, 2.45) is 5.41 Å². The van der Waals surface area contributed by atoms with Crippen LogP contribution >= 0.6 is 0 Å². The van der Waals surface area contributed by atoms with Crippen molar-refractivity contribution in [2.75, 3.05) is 19.6 Å². The van der Waals surface area contributed by atoms with E-state index >= 15 is 0 Å². The molecule has 1 aliphatic heterocycles. The number of hydrogen-bond donors (Lipinski definition) is 2. The summed E-state index contributed by atoms with van der Waals surface area (Å²) in [6, 6.07) is 0. The van der Waals surface area contributed by atoms with Gasteiger partial charge in [0.25, 0.3) is 0 Å². The summed E-state index contributed by atoms with van der Waals surface area (Å²) < 4.78 is 25.9. The van der Waals surface area contributed by atoms with E-state index in [2.05, 4.69) is 17.0 Å². The van der Waals surface area contributed by atoms with Gasteiger partial charge in [-0.25, -0.2) is 13.1 Å². The molecule has 0 aromatic rings. The van der Waals surface area contributed by atoms with Gasteiger partial charge in [0.15, 0.2) is 0 Å². The summed E-state index contributed by atoms with van der Waals surface area (Å²) in [5.74, 6) is 0. The fraction of sp³-hybridized carbons (Fsp3) is 1.00. The van der Waals surface area contributed by atoms with E-state index in [1.807, 2.05) is 0 Å². The fourth-order valence-corrected chi connectivity index (χ4v) is 2.59. The zero-order valence-electron chi connectivity index (χ0n) is 9.84. The molecule has 1 unspecified atom stereocenters. The smallest absolute Gasteiger partial charge is 0.213 e. The Hall–Kier alpha value is -0.130. The average Bonchev–Trinajstić information content (AvgIpc) is 2.16. The minimum Gasteiger partial charge on any atom is -0.316 e. The van der Waals surface area contributed by atoms with Crippen LogP contribution in [-0.2, 0) is 10.0 Å². The Morgan fingerprint density at radius 3 is 2.60 bits per heavy atom. The van der Waals surface area contributed by atoms with E-state index in [4.69, 9.17) is 0 Å². The third-order valence-electron chi connectivity index (χ3n) is 3.01. The molecule has 1 rings (SSSR count). The zero-order valence-corrected chi connectivity index (χ0v) is 10.7. The Morgan fingerprint density at radius 1 is 1.47 bits per heavy atom. The van der Waals surface area contributed by atoms with E-state index in [1.165, 1.54) is 0 Å². The van der Waals surface area contributed by atoms with Gasteiger partial charge < -0.3 is 5.32 Å². The lowest BCUT2D eigenvalue weighted by molar-refractivity contribution is 0.238. The minimum absolute atomic E-state index is 0.0697. The molecule has 15 heavy (non-hydrogen) atoms. The molecular weight excluding hydrogens is 212 g/mol. The van der Waals surface area contributed by atoms with Gasteiger partial charge in [-0.05, 0) is 38.6 Å². The van der Waals surface area contributed by atoms with Crippen LogP contribution in [0.15, 0.2) is 0 Å². The monoisotopic (exact) mass is 234 g/mol. The highest BCUT2D eigenvalue weighted by atomic mass is 32.2. The number of hydrogen-bond acceptors (Lipinski definition) is 3. The van der Waals surface area contributed by atoms with Crippen LogP contribution in [-0.4, -0.2) is 33.3 Å². The van der Waals surface area contributed by atoms with Crippen molar-refractivity contribution >= 4 is 10.0 Å². The predicted molar refractivity (Wildman–Crippen MR) is 62.3 cm³/mol. The van der Waals surface area contributed by atoms with Gasteiger partial charge in [-0.3, -0.25) is 0 Å². The van der Waals surface area contributed by atoms with Gasteiger partial charge in [0, 0.05) is 13.1 Å². The summed E-state index contributed by atoms with van der Waals surface area (Å²) in [6.45, 7) is 8.01. The van der Waals surface area contributed by atoms with E-state index < -0.39 is 10.0 Å². The molecule has 4 nitrogen and oxygen atoms in total. The highest BCUT2D eigenvalue weighted by Gasteiger charge is 2.28. The van der Waals surface area contributed by atoms with Crippen LogP contribution in [0.4, 0.5) is 0 Å². The molecule has 5 heteroatoms. The van der Waals surface area contributed by atoms with Crippen molar-refractivity contribution in [3.63, 3.8) is 0 Å². The maximum absolute atomic E-state index is 11.6. The Labute approximate surface area is 92.9 Å². The van der Waals surface area contributed by atoms with E-state index in [1.54, 1.807) is 13.8 Å². The molecule has 1 atom stereocenters. The molecule has 0 spiro atoms. The van der Waals surface area contributed by atoms with Crippen LogP contribution in [0.3, 0.4) is 0 Å². The van der Waals surface area contributed by atoms with Crippen molar-refractivity contribution < 1.29 is 8.42 Å². The molecule has 2 N–H and O–H groups in total. The first kappa shape index (κ1) is 12.9. The van der Waals surface area contributed by atoms with Gasteiger partial charge in [-0.1, -0.05) is 6.92 Å². The molecule has 0 aliphatic carbocycles. The largest absolute Gasteiger partial charge is 0.316 e. The third kappa shape index (κ3) is 3.74. The normalized spacial score (nSPS) is 28.3. The molecule has 0 aromatic heterocycles. The average molecular weight is 234 g/mol. The van der Waals surface area contributed by atoms with Gasteiger partial charge >= 0.3 is 0 Å². The number of sulfonamides is 1. The summed E-state index contributed by atoms with van der Waals surface area (Å²) in [5.41, 5.74) is 0.0697. The summed E-state index contributed by atoms with van der Waals surface area (Å²) in [7, 11) is -3.11. The number of piperidine rings is 1. The molecule has 0 saturated carbocycles. The van der Waals surface area contributed by atoms with Crippen molar-refractivity contribution in [1.29, 1.82) is 0 Å². The minimum atomic E-state index is -3.11. The molecule has 0 aromatic carbocycles. The van der Waals surface area contributed by atoms with Gasteiger partial charge in [0.1, 0.15) is 0 Å². The second-order valence-corrected chi connectivity index (χ2v) is 7.33. The summed E-state index contributed by atoms with van der Waals surface area (Å²) in [6.07, 6.45) is 2.21. The van der Waals surface area contributed by atoms with E-state index in [-0.39, 0.29) is 10.7 Å². The van der Waals surface area contributed by atoms with Crippen molar-refractivity contribution in [3.8, 4) is 0 Å². The summed E-state index contributed by atoms with van der Waals surface area (Å²) in [5, 5.41) is 2.96. The topological polar surface area (TPSA) is 58.2 Å².